The Labute approximate surface area is 102 Å². The van der Waals surface area contributed by atoms with Crippen LogP contribution in [-0.4, -0.2) is 20.7 Å². The number of benzene rings is 1. The third-order valence-corrected chi connectivity index (χ3v) is 4.26. The zero-order chi connectivity index (χ0) is 12.9. The third kappa shape index (κ3) is 4.55. The summed E-state index contributed by atoms with van der Waals surface area (Å²) < 4.78 is 23.6. The average Bonchev–Trinajstić information content (AvgIpc) is 2.28. The lowest BCUT2D eigenvalue weighted by molar-refractivity contribution is 0.573. The second-order valence-corrected chi connectivity index (χ2v) is 6.31. The quantitative estimate of drug-likeness (QED) is 0.849. The molecule has 2 N–H and O–H groups in total. The smallest absolute Gasteiger partial charge is 0.154 e. The van der Waals surface area contributed by atoms with Crippen molar-refractivity contribution in [3.8, 4) is 6.07 Å². The minimum absolute atomic E-state index is 0.00302. The van der Waals surface area contributed by atoms with E-state index in [0.717, 1.165) is 0 Å². The van der Waals surface area contributed by atoms with E-state index in [1.165, 1.54) is 0 Å². The van der Waals surface area contributed by atoms with Crippen LogP contribution in [0.4, 0.5) is 0 Å². The number of nitriles is 1. The van der Waals surface area contributed by atoms with Crippen LogP contribution in [0.25, 0.3) is 0 Å². The summed E-state index contributed by atoms with van der Waals surface area (Å²) in [5, 5.41) is 8.63. The molecule has 0 radical (unpaired) electrons. The van der Waals surface area contributed by atoms with Gasteiger partial charge in [0.2, 0.25) is 0 Å². The molecule has 0 spiro atoms. The Bertz CT molecular complexity index is 500. The lowest BCUT2D eigenvalue weighted by Gasteiger charge is -2.09. The molecule has 17 heavy (non-hydrogen) atoms. The minimum atomic E-state index is -3.13. The van der Waals surface area contributed by atoms with Crippen LogP contribution in [0, 0.1) is 17.2 Å². The molecule has 0 aromatic heterocycles. The van der Waals surface area contributed by atoms with Crippen molar-refractivity contribution in [2.75, 3.05) is 12.3 Å². The monoisotopic (exact) mass is 252 g/mol. The number of hydrogen-bond acceptors (Lipinski definition) is 4. The molecule has 0 fully saturated rings. The van der Waals surface area contributed by atoms with Crippen molar-refractivity contribution >= 4 is 9.84 Å². The number of rotatable bonds is 5. The van der Waals surface area contributed by atoms with Crippen LogP contribution in [-0.2, 0) is 15.6 Å². The molecule has 0 aliphatic heterocycles. The summed E-state index contributed by atoms with van der Waals surface area (Å²) >= 11 is 0. The van der Waals surface area contributed by atoms with E-state index in [1.807, 2.05) is 13.0 Å². The predicted octanol–water partition coefficient (Wildman–Crippen LogP) is 1.07. The van der Waals surface area contributed by atoms with Crippen LogP contribution in [0.3, 0.4) is 0 Å². The van der Waals surface area contributed by atoms with Crippen molar-refractivity contribution in [1.29, 1.82) is 5.26 Å². The fourth-order valence-electron chi connectivity index (χ4n) is 1.49. The first-order chi connectivity index (χ1) is 7.96. The fourth-order valence-corrected chi connectivity index (χ4v) is 3.31. The van der Waals surface area contributed by atoms with Crippen LogP contribution in [0.2, 0.25) is 0 Å². The Morgan fingerprint density at radius 3 is 2.41 bits per heavy atom. The lowest BCUT2D eigenvalue weighted by atomic mass is 10.2. The van der Waals surface area contributed by atoms with Gasteiger partial charge in [0, 0.05) is 0 Å². The molecule has 1 aromatic rings. The zero-order valence-corrected chi connectivity index (χ0v) is 10.6. The molecule has 4 nitrogen and oxygen atoms in total. The Balaban J connectivity index is 2.73. The van der Waals surface area contributed by atoms with Gasteiger partial charge in [0.05, 0.1) is 23.1 Å². The first-order valence-electron chi connectivity index (χ1n) is 5.36. The van der Waals surface area contributed by atoms with E-state index in [-0.39, 0.29) is 17.4 Å². The highest BCUT2D eigenvalue weighted by Gasteiger charge is 2.15. The summed E-state index contributed by atoms with van der Waals surface area (Å²) in [4.78, 5) is 0. The number of hydrogen-bond donors (Lipinski definition) is 1. The van der Waals surface area contributed by atoms with Crippen LogP contribution < -0.4 is 5.73 Å². The van der Waals surface area contributed by atoms with Gasteiger partial charge in [-0.1, -0.05) is 19.1 Å². The van der Waals surface area contributed by atoms with Gasteiger partial charge in [-0.05, 0) is 30.2 Å². The molecule has 0 saturated carbocycles. The Morgan fingerprint density at radius 1 is 1.35 bits per heavy atom. The molecule has 1 rings (SSSR count). The maximum absolute atomic E-state index is 11.8. The SMILES string of the molecule is CC(CN)CS(=O)(=O)Cc1ccc(C#N)cc1. The summed E-state index contributed by atoms with van der Waals surface area (Å²) in [6, 6.07) is 8.58. The van der Waals surface area contributed by atoms with Crippen LogP contribution in [0.5, 0.6) is 0 Å². The predicted molar refractivity (Wildman–Crippen MR) is 66.9 cm³/mol. The average molecular weight is 252 g/mol. The Morgan fingerprint density at radius 2 is 1.94 bits per heavy atom. The van der Waals surface area contributed by atoms with Crippen molar-refractivity contribution < 1.29 is 8.42 Å². The first-order valence-corrected chi connectivity index (χ1v) is 7.18. The van der Waals surface area contributed by atoms with Gasteiger partial charge in [0.15, 0.2) is 9.84 Å². The number of nitrogens with zero attached hydrogens (tertiary/aromatic N) is 1. The maximum atomic E-state index is 11.8. The van der Waals surface area contributed by atoms with Crippen molar-refractivity contribution in [3.05, 3.63) is 35.4 Å². The summed E-state index contributed by atoms with van der Waals surface area (Å²) in [5.41, 5.74) is 6.64. The van der Waals surface area contributed by atoms with Crippen molar-refractivity contribution in [2.24, 2.45) is 11.7 Å². The summed E-state index contributed by atoms with van der Waals surface area (Å²) in [6.07, 6.45) is 0. The third-order valence-electron chi connectivity index (χ3n) is 2.41. The van der Waals surface area contributed by atoms with Gasteiger partial charge in [-0.15, -0.1) is 0 Å². The molecule has 0 amide bonds. The Hall–Kier alpha value is -1.38. The topological polar surface area (TPSA) is 84.0 Å². The van der Waals surface area contributed by atoms with Crippen molar-refractivity contribution in [2.45, 2.75) is 12.7 Å². The maximum Gasteiger partial charge on any atom is 0.154 e. The standard InChI is InChI=1S/C12H16N2O2S/c1-10(6-13)8-17(15,16)9-12-4-2-11(7-14)3-5-12/h2-5,10H,6,8-9,13H2,1H3. The second kappa shape index (κ2) is 5.80. The molecule has 1 aromatic carbocycles. The minimum Gasteiger partial charge on any atom is -0.330 e. The number of nitrogens with two attached hydrogens (primary N) is 1. The normalized spacial score (nSPS) is 13.0. The zero-order valence-electron chi connectivity index (χ0n) is 9.76. The van der Waals surface area contributed by atoms with Crippen molar-refractivity contribution in [1.82, 2.24) is 0 Å². The molecule has 0 aliphatic carbocycles. The van der Waals surface area contributed by atoms with Gasteiger partial charge >= 0.3 is 0 Å². The van der Waals surface area contributed by atoms with E-state index in [0.29, 0.717) is 17.7 Å². The van der Waals surface area contributed by atoms with Gasteiger partial charge in [-0.3, -0.25) is 0 Å². The van der Waals surface area contributed by atoms with E-state index in [4.69, 9.17) is 11.0 Å². The highest BCUT2D eigenvalue weighted by molar-refractivity contribution is 7.90. The summed E-state index contributed by atoms with van der Waals surface area (Å²) in [6.45, 7) is 2.18. The fraction of sp³-hybridized carbons (Fsp3) is 0.417. The molecular formula is C12H16N2O2S. The van der Waals surface area contributed by atoms with Crippen LogP contribution in [0.15, 0.2) is 24.3 Å². The molecule has 1 unspecified atom stereocenters. The van der Waals surface area contributed by atoms with Gasteiger partial charge in [0.1, 0.15) is 0 Å². The Kier molecular flexibility index (Phi) is 4.67. The largest absolute Gasteiger partial charge is 0.330 e. The van der Waals surface area contributed by atoms with Gasteiger partial charge in [-0.25, -0.2) is 8.42 Å². The molecule has 92 valence electrons. The van der Waals surface area contributed by atoms with E-state index < -0.39 is 9.84 Å². The summed E-state index contributed by atoms with van der Waals surface area (Å²) in [5.74, 6) is 0.0744. The lowest BCUT2D eigenvalue weighted by Crippen LogP contribution is -2.22. The van der Waals surface area contributed by atoms with Crippen LogP contribution in [0.1, 0.15) is 18.1 Å². The highest BCUT2D eigenvalue weighted by atomic mass is 32.2. The van der Waals surface area contributed by atoms with Gasteiger partial charge in [0.25, 0.3) is 0 Å². The molecule has 0 saturated heterocycles. The molecule has 5 heteroatoms. The second-order valence-electron chi connectivity index (χ2n) is 4.20. The molecule has 0 heterocycles. The van der Waals surface area contributed by atoms with E-state index >= 15 is 0 Å². The van der Waals surface area contributed by atoms with E-state index in [2.05, 4.69) is 0 Å². The van der Waals surface area contributed by atoms with Gasteiger partial charge < -0.3 is 5.73 Å². The van der Waals surface area contributed by atoms with E-state index in [1.54, 1.807) is 24.3 Å². The highest BCUT2D eigenvalue weighted by Crippen LogP contribution is 2.10. The van der Waals surface area contributed by atoms with Crippen molar-refractivity contribution in [3.63, 3.8) is 0 Å². The van der Waals surface area contributed by atoms with Gasteiger partial charge in [-0.2, -0.15) is 5.26 Å². The first kappa shape index (κ1) is 13.7. The number of sulfone groups is 1. The molecule has 1 atom stereocenters. The van der Waals surface area contributed by atoms with Crippen LogP contribution >= 0.6 is 0 Å². The molecule has 0 aliphatic rings. The molecule has 0 bridgehead atoms. The van der Waals surface area contributed by atoms with E-state index in [9.17, 15) is 8.42 Å². The summed E-state index contributed by atoms with van der Waals surface area (Å²) in [7, 11) is -3.13. The molecular weight excluding hydrogens is 236 g/mol.